The summed E-state index contributed by atoms with van der Waals surface area (Å²) in [6.07, 6.45) is 5.03. The lowest BCUT2D eigenvalue weighted by atomic mass is 10.0. The number of pyridine rings is 1. The summed E-state index contributed by atoms with van der Waals surface area (Å²) in [4.78, 5) is 16.5. The van der Waals surface area contributed by atoms with Gasteiger partial charge in [0.05, 0.1) is 12.0 Å². The Morgan fingerprint density at radius 1 is 1.06 bits per heavy atom. The van der Waals surface area contributed by atoms with Gasteiger partial charge in [-0.3, -0.25) is 14.3 Å². The highest BCUT2D eigenvalue weighted by molar-refractivity contribution is 7.99. The van der Waals surface area contributed by atoms with Crippen LogP contribution in [0.2, 0.25) is 5.02 Å². The summed E-state index contributed by atoms with van der Waals surface area (Å²) in [7, 11) is 0. The van der Waals surface area contributed by atoms with Crippen molar-refractivity contribution >= 4 is 35.5 Å². The van der Waals surface area contributed by atoms with Crippen molar-refractivity contribution in [2.45, 2.75) is 24.9 Å². The van der Waals surface area contributed by atoms with Gasteiger partial charge in [0.1, 0.15) is 0 Å². The Labute approximate surface area is 207 Å². The summed E-state index contributed by atoms with van der Waals surface area (Å²) in [5.74, 6) is 1.01. The third-order valence-electron chi connectivity index (χ3n) is 5.00. The van der Waals surface area contributed by atoms with Crippen molar-refractivity contribution in [3.05, 3.63) is 89.2 Å². The Morgan fingerprint density at radius 2 is 1.76 bits per heavy atom. The molecule has 0 aliphatic rings. The minimum Gasteiger partial charge on any atom is -0.272 e. The number of hydrogen-bond acceptors (Lipinski definition) is 6. The molecule has 0 saturated heterocycles. The van der Waals surface area contributed by atoms with E-state index in [1.165, 1.54) is 17.3 Å². The molecule has 4 aromatic rings. The number of halogens is 1. The van der Waals surface area contributed by atoms with E-state index in [2.05, 4.69) is 51.7 Å². The standard InChI is InChI=1S/C25H23ClN6OS/c1-17(2)19-5-3-18(4-6-19)15-28-29-23(33)16-34-25-31-30-24(20-11-13-27-14-12-20)32(25)22-9-7-21(26)8-10-22/h3-15,17H,16H2,1-2H3,(H,29,33)/b28-15+. The highest BCUT2D eigenvalue weighted by Crippen LogP contribution is 2.28. The van der Waals surface area contributed by atoms with Gasteiger partial charge >= 0.3 is 0 Å². The quantitative estimate of drug-likeness (QED) is 0.204. The molecule has 0 aliphatic heterocycles. The second-order valence-corrected chi connectivity index (χ2v) is 9.14. The molecule has 34 heavy (non-hydrogen) atoms. The maximum Gasteiger partial charge on any atom is 0.250 e. The predicted molar refractivity (Wildman–Crippen MR) is 137 cm³/mol. The van der Waals surface area contributed by atoms with Crippen LogP contribution in [0.5, 0.6) is 0 Å². The van der Waals surface area contributed by atoms with Crippen LogP contribution in [-0.4, -0.2) is 37.6 Å². The average molecular weight is 491 g/mol. The first-order chi connectivity index (χ1) is 16.5. The molecule has 2 aromatic carbocycles. The van der Waals surface area contributed by atoms with Gasteiger partial charge in [-0.2, -0.15) is 5.10 Å². The smallest absolute Gasteiger partial charge is 0.250 e. The van der Waals surface area contributed by atoms with Crippen molar-refractivity contribution < 1.29 is 4.79 Å². The van der Waals surface area contributed by atoms with E-state index >= 15 is 0 Å². The van der Waals surface area contributed by atoms with E-state index in [9.17, 15) is 4.79 Å². The van der Waals surface area contributed by atoms with Crippen molar-refractivity contribution in [2.75, 3.05) is 5.75 Å². The lowest BCUT2D eigenvalue weighted by molar-refractivity contribution is -0.118. The van der Waals surface area contributed by atoms with Crippen LogP contribution in [-0.2, 0) is 4.79 Å². The summed E-state index contributed by atoms with van der Waals surface area (Å²) in [6.45, 7) is 4.30. The maximum absolute atomic E-state index is 12.4. The lowest BCUT2D eigenvalue weighted by Crippen LogP contribution is -2.20. The molecule has 7 nitrogen and oxygen atoms in total. The number of benzene rings is 2. The number of aromatic nitrogens is 4. The molecule has 0 radical (unpaired) electrons. The Balaban J connectivity index is 1.45. The van der Waals surface area contributed by atoms with Gasteiger partial charge < -0.3 is 0 Å². The molecular weight excluding hydrogens is 468 g/mol. The van der Waals surface area contributed by atoms with Crippen LogP contribution < -0.4 is 5.43 Å². The molecular formula is C25H23ClN6OS. The van der Waals surface area contributed by atoms with E-state index in [1.807, 2.05) is 41.0 Å². The fourth-order valence-corrected chi connectivity index (χ4v) is 4.05. The van der Waals surface area contributed by atoms with Crippen LogP contribution in [0.3, 0.4) is 0 Å². The van der Waals surface area contributed by atoms with Crippen LogP contribution >= 0.6 is 23.4 Å². The van der Waals surface area contributed by atoms with Crippen LogP contribution in [0, 0.1) is 0 Å². The number of amides is 1. The molecule has 0 unspecified atom stereocenters. The lowest BCUT2D eigenvalue weighted by Gasteiger charge is -2.10. The van der Waals surface area contributed by atoms with Crippen molar-refractivity contribution in [3.63, 3.8) is 0 Å². The number of thioether (sulfide) groups is 1. The summed E-state index contributed by atoms with van der Waals surface area (Å²) in [6, 6.07) is 19.2. The van der Waals surface area contributed by atoms with E-state index in [1.54, 1.807) is 30.7 Å². The van der Waals surface area contributed by atoms with Gasteiger partial charge in [0.2, 0.25) is 0 Å². The fourth-order valence-electron chi connectivity index (χ4n) is 3.18. The Kier molecular flexibility index (Phi) is 7.72. The number of nitrogens with one attached hydrogen (secondary N) is 1. The van der Waals surface area contributed by atoms with Crippen LogP contribution in [0.4, 0.5) is 0 Å². The largest absolute Gasteiger partial charge is 0.272 e. The number of rotatable bonds is 8. The zero-order valence-corrected chi connectivity index (χ0v) is 20.3. The highest BCUT2D eigenvalue weighted by atomic mass is 35.5. The molecule has 0 atom stereocenters. The third-order valence-corrected chi connectivity index (χ3v) is 6.18. The molecule has 0 spiro atoms. The second kappa shape index (κ2) is 11.1. The van der Waals surface area contributed by atoms with Crippen molar-refractivity contribution in [1.29, 1.82) is 0 Å². The molecule has 0 bridgehead atoms. The molecule has 9 heteroatoms. The summed E-state index contributed by atoms with van der Waals surface area (Å²) >= 11 is 7.34. The minimum absolute atomic E-state index is 0.131. The van der Waals surface area contributed by atoms with Crippen LogP contribution in [0.1, 0.15) is 30.9 Å². The molecule has 1 N–H and O–H groups in total. The van der Waals surface area contributed by atoms with E-state index in [-0.39, 0.29) is 11.7 Å². The highest BCUT2D eigenvalue weighted by Gasteiger charge is 2.17. The van der Waals surface area contributed by atoms with E-state index < -0.39 is 0 Å². The second-order valence-electron chi connectivity index (χ2n) is 7.76. The third kappa shape index (κ3) is 5.89. The number of hydrazone groups is 1. The van der Waals surface area contributed by atoms with Crippen molar-refractivity contribution in [2.24, 2.45) is 5.10 Å². The van der Waals surface area contributed by atoms with Gasteiger partial charge in [-0.25, -0.2) is 5.43 Å². The van der Waals surface area contributed by atoms with Gasteiger partial charge in [0.15, 0.2) is 11.0 Å². The van der Waals surface area contributed by atoms with Crippen molar-refractivity contribution in [1.82, 2.24) is 25.2 Å². The van der Waals surface area contributed by atoms with E-state index in [0.717, 1.165) is 16.8 Å². The van der Waals surface area contributed by atoms with Crippen LogP contribution in [0.25, 0.3) is 17.1 Å². The van der Waals surface area contributed by atoms with E-state index in [4.69, 9.17) is 11.6 Å². The Bertz CT molecular complexity index is 1270. The number of carbonyl (C=O) groups excluding carboxylic acids is 1. The topological polar surface area (TPSA) is 85.1 Å². The summed E-state index contributed by atoms with van der Waals surface area (Å²) in [5.41, 5.74) is 6.45. The zero-order valence-electron chi connectivity index (χ0n) is 18.7. The molecule has 0 aliphatic carbocycles. The maximum atomic E-state index is 12.4. The molecule has 0 fully saturated rings. The molecule has 2 heterocycles. The number of hydrogen-bond donors (Lipinski definition) is 1. The van der Waals surface area contributed by atoms with Gasteiger partial charge in [-0.05, 0) is 53.4 Å². The molecule has 4 rings (SSSR count). The number of carbonyl (C=O) groups is 1. The molecule has 2 aromatic heterocycles. The van der Waals surface area contributed by atoms with Gasteiger partial charge in [0, 0.05) is 28.7 Å². The first kappa shape index (κ1) is 23.7. The first-order valence-corrected chi connectivity index (χ1v) is 12.0. The normalized spacial score (nSPS) is 11.3. The predicted octanol–water partition coefficient (Wildman–Crippen LogP) is 5.35. The minimum atomic E-state index is -0.240. The number of nitrogens with zero attached hydrogens (tertiary/aromatic N) is 5. The van der Waals surface area contributed by atoms with Gasteiger partial charge in [-0.1, -0.05) is 61.5 Å². The Morgan fingerprint density at radius 3 is 2.44 bits per heavy atom. The van der Waals surface area contributed by atoms with Gasteiger partial charge in [-0.15, -0.1) is 10.2 Å². The first-order valence-electron chi connectivity index (χ1n) is 10.7. The van der Waals surface area contributed by atoms with Crippen molar-refractivity contribution in [3.8, 4) is 17.1 Å². The fraction of sp³-hybridized carbons (Fsp3) is 0.160. The van der Waals surface area contributed by atoms with Crippen LogP contribution in [0.15, 0.2) is 83.3 Å². The summed E-state index contributed by atoms with van der Waals surface area (Å²) < 4.78 is 1.89. The monoisotopic (exact) mass is 490 g/mol. The van der Waals surface area contributed by atoms with Gasteiger partial charge in [0.25, 0.3) is 5.91 Å². The zero-order chi connectivity index (χ0) is 23.9. The molecule has 0 saturated carbocycles. The average Bonchev–Trinajstić information content (AvgIpc) is 3.28. The van der Waals surface area contributed by atoms with E-state index in [0.29, 0.717) is 21.9 Å². The molecule has 1 amide bonds. The Hall–Kier alpha value is -3.49. The summed E-state index contributed by atoms with van der Waals surface area (Å²) in [5, 5.41) is 14.0. The molecule has 172 valence electrons. The SMILES string of the molecule is CC(C)c1ccc(/C=N/NC(=O)CSc2nnc(-c3ccncc3)n2-c2ccc(Cl)cc2)cc1.